The van der Waals surface area contributed by atoms with E-state index in [1.165, 1.54) is 12.1 Å². The number of hydrogen-bond acceptors (Lipinski definition) is 7. The van der Waals surface area contributed by atoms with E-state index in [2.05, 4.69) is 10.5 Å². The summed E-state index contributed by atoms with van der Waals surface area (Å²) in [4.78, 5) is 36.9. The zero-order chi connectivity index (χ0) is 24.3. The van der Waals surface area contributed by atoms with Crippen molar-refractivity contribution in [3.05, 3.63) is 64.7 Å². The molecule has 9 nitrogen and oxygen atoms in total. The molecular formula is C24H27N3O6. The molecule has 3 rings (SSSR count). The first-order valence-electron chi connectivity index (χ1n) is 10.4. The van der Waals surface area contributed by atoms with Crippen LogP contribution < -0.4 is 5.32 Å². The summed E-state index contributed by atoms with van der Waals surface area (Å²) in [6.45, 7) is 10.3. The number of aryl methyl sites for hydroxylation is 2. The Balaban J connectivity index is 1.61. The molecule has 174 valence electrons. The molecule has 0 bridgehead atoms. The average Bonchev–Trinajstić information content (AvgIpc) is 3.27. The van der Waals surface area contributed by atoms with Crippen LogP contribution in [-0.2, 0) is 9.47 Å². The van der Waals surface area contributed by atoms with E-state index in [1.54, 1.807) is 58.9 Å². The van der Waals surface area contributed by atoms with E-state index < -0.39 is 24.3 Å². The number of nitrogens with zero attached hydrogens (tertiary/aromatic N) is 2. The number of rotatable bonds is 6. The minimum absolute atomic E-state index is 0.251. The molecule has 0 fully saturated rings. The van der Waals surface area contributed by atoms with Crippen LogP contribution >= 0.6 is 0 Å². The molecule has 0 radical (unpaired) electrons. The van der Waals surface area contributed by atoms with E-state index >= 15 is 0 Å². The van der Waals surface area contributed by atoms with Crippen LogP contribution in [0.2, 0.25) is 0 Å². The highest BCUT2D eigenvalue weighted by molar-refractivity contribution is 6.00. The Hall–Kier alpha value is -3.88. The van der Waals surface area contributed by atoms with Gasteiger partial charge in [-0.25, -0.2) is 9.59 Å². The van der Waals surface area contributed by atoms with Gasteiger partial charge in [-0.05, 0) is 71.9 Å². The lowest BCUT2D eigenvalue weighted by molar-refractivity contribution is 0.0474. The fourth-order valence-corrected chi connectivity index (χ4v) is 3.26. The predicted octanol–water partition coefficient (Wildman–Crippen LogP) is 4.78. The lowest BCUT2D eigenvalue weighted by atomic mass is 10.1. The number of nitrogens with one attached hydrogen (secondary N) is 1. The number of amides is 1. The van der Waals surface area contributed by atoms with E-state index in [1.807, 2.05) is 11.5 Å². The Kier molecular flexibility index (Phi) is 6.71. The monoisotopic (exact) mass is 453 g/mol. The highest BCUT2D eigenvalue weighted by Crippen LogP contribution is 2.21. The van der Waals surface area contributed by atoms with Crippen LogP contribution in [0.4, 0.5) is 10.5 Å². The minimum Gasteiger partial charge on any atom is -0.454 e. The molecule has 0 spiro atoms. The highest BCUT2D eigenvalue weighted by Gasteiger charge is 2.20. The van der Waals surface area contributed by atoms with Gasteiger partial charge in [-0.2, -0.15) is 0 Å². The standard InChI is InChI=1S/C24H27N3O6/c1-14-11-19(16(3)27(14)21-12-15(2)33-26-21)20(28)13-31-22(29)17-7-9-18(10-8-17)25-23(30)32-24(4,5)6/h7-12H,13H2,1-6H3,(H,25,30). The van der Waals surface area contributed by atoms with Gasteiger partial charge < -0.3 is 14.0 Å². The largest absolute Gasteiger partial charge is 0.454 e. The Labute approximate surface area is 191 Å². The van der Waals surface area contributed by atoms with Gasteiger partial charge in [0.05, 0.1) is 5.56 Å². The first kappa shape index (κ1) is 23.8. The third-order valence-electron chi connectivity index (χ3n) is 4.68. The third-order valence-corrected chi connectivity index (χ3v) is 4.68. The van der Waals surface area contributed by atoms with Gasteiger partial charge in [-0.15, -0.1) is 0 Å². The molecule has 1 N–H and O–H groups in total. The molecule has 0 saturated carbocycles. The van der Waals surface area contributed by atoms with Gasteiger partial charge in [0.2, 0.25) is 5.78 Å². The van der Waals surface area contributed by atoms with Crippen LogP contribution in [0.3, 0.4) is 0 Å². The van der Waals surface area contributed by atoms with E-state index in [0.717, 1.165) is 5.69 Å². The summed E-state index contributed by atoms with van der Waals surface area (Å²) < 4.78 is 17.3. The number of benzene rings is 1. The molecule has 0 saturated heterocycles. The van der Waals surface area contributed by atoms with Crippen molar-refractivity contribution in [2.75, 3.05) is 11.9 Å². The molecular weight excluding hydrogens is 426 g/mol. The number of carbonyl (C=O) groups excluding carboxylic acids is 3. The topological polar surface area (TPSA) is 113 Å². The molecule has 0 atom stereocenters. The Bertz CT molecular complexity index is 1180. The van der Waals surface area contributed by atoms with E-state index in [4.69, 9.17) is 14.0 Å². The van der Waals surface area contributed by atoms with Crippen molar-refractivity contribution in [3.63, 3.8) is 0 Å². The Morgan fingerprint density at radius 1 is 1.06 bits per heavy atom. The summed E-state index contributed by atoms with van der Waals surface area (Å²) in [6, 6.07) is 9.60. The third kappa shape index (κ3) is 5.88. The fourth-order valence-electron chi connectivity index (χ4n) is 3.26. The van der Waals surface area contributed by atoms with Gasteiger partial charge in [-0.3, -0.25) is 14.7 Å². The van der Waals surface area contributed by atoms with Crippen LogP contribution in [0.25, 0.3) is 5.82 Å². The maximum absolute atomic E-state index is 12.7. The fraction of sp³-hybridized carbons (Fsp3) is 0.333. The maximum Gasteiger partial charge on any atom is 0.412 e. The van der Waals surface area contributed by atoms with E-state index in [9.17, 15) is 14.4 Å². The Morgan fingerprint density at radius 3 is 2.30 bits per heavy atom. The molecule has 0 aliphatic rings. The van der Waals surface area contributed by atoms with Crippen LogP contribution in [0.15, 0.2) is 40.9 Å². The van der Waals surface area contributed by atoms with Crippen molar-refractivity contribution in [1.82, 2.24) is 9.72 Å². The summed E-state index contributed by atoms with van der Waals surface area (Å²) in [5, 5.41) is 6.58. The van der Waals surface area contributed by atoms with Gasteiger partial charge in [-0.1, -0.05) is 5.16 Å². The zero-order valence-electron chi connectivity index (χ0n) is 19.5. The lowest BCUT2D eigenvalue weighted by Gasteiger charge is -2.19. The lowest BCUT2D eigenvalue weighted by Crippen LogP contribution is -2.27. The second-order valence-electron chi connectivity index (χ2n) is 8.62. The summed E-state index contributed by atoms with van der Waals surface area (Å²) in [6.07, 6.45) is -0.596. The van der Waals surface area contributed by atoms with Gasteiger partial charge in [0, 0.05) is 28.7 Å². The number of Topliss-reactive ketones (excluding diaryl/α,β-unsaturated/α-hetero) is 1. The van der Waals surface area contributed by atoms with E-state index in [-0.39, 0.29) is 11.3 Å². The number of carbonyl (C=O) groups is 3. The number of hydrogen-bond donors (Lipinski definition) is 1. The van der Waals surface area contributed by atoms with Crippen LogP contribution in [0, 0.1) is 20.8 Å². The molecule has 1 aromatic carbocycles. The molecule has 3 aromatic rings. The van der Waals surface area contributed by atoms with Crippen molar-refractivity contribution < 1.29 is 28.4 Å². The second-order valence-corrected chi connectivity index (χ2v) is 8.62. The van der Waals surface area contributed by atoms with Crippen molar-refractivity contribution in [2.24, 2.45) is 0 Å². The summed E-state index contributed by atoms with van der Waals surface area (Å²) >= 11 is 0. The number of esters is 1. The van der Waals surface area contributed by atoms with E-state index in [0.29, 0.717) is 28.5 Å². The molecule has 1 amide bonds. The highest BCUT2D eigenvalue weighted by atomic mass is 16.6. The van der Waals surface area contributed by atoms with Crippen molar-refractivity contribution in [2.45, 2.75) is 47.1 Å². The molecule has 2 aromatic heterocycles. The summed E-state index contributed by atoms with van der Waals surface area (Å²) in [7, 11) is 0. The first-order chi connectivity index (χ1) is 15.4. The summed E-state index contributed by atoms with van der Waals surface area (Å²) in [5.74, 6) is 0.268. The van der Waals surface area contributed by atoms with Gasteiger partial charge >= 0.3 is 12.1 Å². The average molecular weight is 453 g/mol. The van der Waals surface area contributed by atoms with Crippen molar-refractivity contribution >= 4 is 23.5 Å². The normalized spacial score (nSPS) is 11.2. The number of ether oxygens (including phenoxy) is 2. The number of anilines is 1. The quantitative estimate of drug-likeness (QED) is 0.422. The molecule has 2 heterocycles. The predicted molar refractivity (Wildman–Crippen MR) is 121 cm³/mol. The molecule has 0 aliphatic carbocycles. The number of ketones is 1. The molecule has 9 heteroatoms. The zero-order valence-corrected chi connectivity index (χ0v) is 19.5. The number of aromatic nitrogens is 2. The summed E-state index contributed by atoms with van der Waals surface area (Å²) in [5.41, 5.74) is 2.03. The van der Waals surface area contributed by atoms with Crippen LogP contribution in [-0.4, -0.2) is 39.8 Å². The minimum atomic E-state index is -0.645. The van der Waals surface area contributed by atoms with Crippen molar-refractivity contribution in [3.8, 4) is 5.82 Å². The smallest absolute Gasteiger partial charge is 0.412 e. The van der Waals surface area contributed by atoms with Gasteiger partial charge in [0.15, 0.2) is 12.4 Å². The van der Waals surface area contributed by atoms with Crippen LogP contribution in [0.5, 0.6) is 0 Å². The van der Waals surface area contributed by atoms with Gasteiger partial charge in [0.25, 0.3) is 0 Å². The SMILES string of the molecule is Cc1cc(-n2c(C)cc(C(=O)COC(=O)c3ccc(NC(=O)OC(C)(C)C)cc3)c2C)no1. The molecule has 0 aliphatic heterocycles. The maximum atomic E-state index is 12.7. The van der Waals surface area contributed by atoms with Crippen molar-refractivity contribution in [1.29, 1.82) is 0 Å². The molecule has 33 heavy (non-hydrogen) atoms. The second kappa shape index (κ2) is 9.32. The molecule has 0 unspecified atom stereocenters. The Morgan fingerprint density at radius 2 is 1.73 bits per heavy atom. The van der Waals surface area contributed by atoms with Crippen LogP contribution in [0.1, 0.15) is 58.6 Å². The first-order valence-corrected chi connectivity index (χ1v) is 10.4. The van der Waals surface area contributed by atoms with Gasteiger partial charge in [0.1, 0.15) is 11.4 Å².